The number of amides is 2. The van der Waals surface area contributed by atoms with E-state index in [2.05, 4.69) is 10.6 Å². The van der Waals surface area contributed by atoms with Crippen molar-refractivity contribution >= 4 is 46.9 Å². The summed E-state index contributed by atoms with van der Waals surface area (Å²) < 4.78 is 10.3. The normalized spacial score (nSPS) is 22.6. The molecule has 168 valence electrons. The number of ether oxygens (including phenoxy) is 2. The number of aliphatic carboxylic acids is 1. The summed E-state index contributed by atoms with van der Waals surface area (Å²) in [6, 6.07) is 3.78. The molecule has 10 nitrogen and oxygen atoms in total. The van der Waals surface area contributed by atoms with Crippen LogP contribution < -0.4 is 10.6 Å². The van der Waals surface area contributed by atoms with E-state index < -0.39 is 34.9 Å². The third-order valence-corrected chi connectivity index (χ3v) is 7.27. The fourth-order valence-corrected chi connectivity index (χ4v) is 5.89. The third-order valence-electron chi connectivity index (χ3n) is 4.81. The first kappa shape index (κ1) is 23.3. The molecule has 2 aliphatic rings. The second kappa shape index (κ2) is 9.39. The van der Waals surface area contributed by atoms with E-state index in [4.69, 9.17) is 9.47 Å². The fourth-order valence-electron chi connectivity index (χ4n) is 3.44. The van der Waals surface area contributed by atoms with Gasteiger partial charge in [0.25, 0.3) is 11.6 Å². The van der Waals surface area contributed by atoms with E-state index in [-0.39, 0.29) is 24.5 Å². The molecule has 2 atom stereocenters. The SMILES string of the molecule is CNCc1ccc(CC(=O)N[C@]2(OC)C(=O)N3C(C(=O)O)=C(COC(C)=O)CS[C@@H]32)s1. The molecule has 31 heavy (non-hydrogen) atoms. The molecule has 1 fully saturated rings. The smallest absolute Gasteiger partial charge is 0.352 e. The Bertz CT molecular complexity index is 945. The average molecular weight is 470 g/mol. The first-order valence-electron chi connectivity index (χ1n) is 9.35. The zero-order valence-electron chi connectivity index (χ0n) is 17.2. The summed E-state index contributed by atoms with van der Waals surface area (Å²) in [5.74, 6) is -2.74. The van der Waals surface area contributed by atoms with Crippen molar-refractivity contribution in [3.8, 4) is 0 Å². The number of carboxylic acids is 1. The Morgan fingerprint density at radius 1 is 1.32 bits per heavy atom. The zero-order chi connectivity index (χ0) is 22.8. The van der Waals surface area contributed by atoms with Gasteiger partial charge in [-0.05, 0) is 19.2 Å². The number of rotatable bonds is 9. The number of hydrogen-bond donors (Lipinski definition) is 3. The summed E-state index contributed by atoms with van der Waals surface area (Å²) in [5.41, 5.74) is -1.59. The number of thioether (sulfide) groups is 1. The fraction of sp³-hybridized carbons (Fsp3) is 0.474. The Kier molecular flexibility index (Phi) is 7.04. The molecule has 0 saturated carbocycles. The van der Waals surface area contributed by atoms with Crippen LogP contribution in [0.1, 0.15) is 16.7 Å². The predicted octanol–water partition coefficient (Wildman–Crippen LogP) is 0.286. The molecule has 0 unspecified atom stereocenters. The maximum Gasteiger partial charge on any atom is 0.352 e. The first-order chi connectivity index (χ1) is 14.7. The van der Waals surface area contributed by atoms with Crippen molar-refractivity contribution in [2.75, 3.05) is 26.5 Å². The summed E-state index contributed by atoms with van der Waals surface area (Å²) in [6.45, 7) is 1.69. The number of carbonyl (C=O) groups is 4. The molecule has 3 heterocycles. The predicted molar refractivity (Wildman–Crippen MR) is 113 cm³/mol. The molecule has 0 spiro atoms. The molecule has 0 aliphatic carbocycles. The largest absolute Gasteiger partial charge is 0.477 e. The van der Waals surface area contributed by atoms with Gasteiger partial charge in [-0.2, -0.15) is 0 Å². The van der Waals surface area contributed by atoms with Crippen LogP contribution >= 0.6 is 23.1 Å². The molecule has 1 aromatic heterocycles. The summed E-state index contributed by atoms with van der Waals surface area (Å²) >= 11 is 2.73. The molecule has 3 N–H and O–H groups in total. The highest BCUT2D eigenvalue weighted by molar-refractivity contribution is 8.00. The third kappa shape index (κ3) is 4.47. The van der Waals surface area contributed by atoms with Gasteiger partial charge in [-0.3, -0.25) is 19.3 Å². The van der Waals surface area contributed by atoms with Crippen molar-refractivity contribution in [2.24, 2.45) is 0 Å². The van der Waals surface area contributed by atoms with Crippen LogP contribution in [0.5, 0.6) is 0 Å². The summed E-state index contributed by atoms with van der Waals surface area (Å²) in [7, 11) is 3.13. The van der Waals surface area contributed by atoms with Crippen molar-refractivity contribution in [2.45, 2.75) is 31.0 Å². The Balaban J connectivity index is 1.76. The van der Waals surface area contributed by atoms with Gasteiger partial charge in [0.15, 0.2) is 0 Å². The summed E-state index contributed by atoms with van der Waals surface area (Å²) in [6.07, 6.45) is 0.0729. The minimum Gasteiger partial charge on any atom is -0.477 e. The summed E-state index contributed by atoms with van der Waals surface area (Å²) in [4.78, 5) is 51.6. The van der Waals surface area contributed by atoms with Gasteiger partial charge in [-0.25, -0.2) is 4.79 Å². The monoisotopic (exact) mass is 469 g/mol. The van der Waals surface area contributed by atoms with E-state index in [0.717, 1.165) is 14.7 Å². The number of carboxylic acid groups (broad SMARTS) is 1. The number of nitrogens with zero attached hydrogens (tertiary/aromatic N) is 1. The van der Waals surface area contributed by atoms with E-state index in [1.165, 1.54) is 37.1 Å². The standard InChI is InChI=1S/C19H23N3O7S2/c1-10(23)29-8-11-9-30-18-19(28-3,17(27)22(18)15(11)16(25)26)21-14(24)6-12-4-5-13(31-12)7-20-2/h4-5,18,20H,6-9H2,1-3H3,(H,21,24)(H,25,26)/t18-,19+/m1/s1. The molecular weight excluding hydrogens is 446 g/mol. The van der Waals surface area contributed by atoms with Gasteiger partial charge in [0, 0.05) is 41.7 Å². The lowest BCUT2D eigenvalue weighted by Crippen LogP contribution is -2.80. The molecule has 0 radical (unpaired) electrons. The molecule has 2 amide bonds. The van der Waals surface area contributed by atoms with E-state index in [1.54, 1.807) is 0 Å². The number of fused-ring (bicyclic) bond motifs is 1. The van der Waals surface area contributed by atoms with Crippen LogP contribution in [0.25, 0.3) is 0 Å². The Labute approximate surface area is 186 Å². The molecule has 1 aromatic rings. The second-order valence-electron chi connectivity index (χ2n) is 6.94. The van der Waals surface area contributed by atoms with Crippen molar-refractivity contribution < 1.29 is 33.8 Å². The number of thiophene rings is 1. The van der Waals surface area contributed by atoms with Crippen LogP contribution in [0.15, 0.2) is 23.4 Å². The van der Waals surface area contributed by atoms with Gasteiger partial charge in [-0.15, -0.1) is 23.1 Å². The van der Waals surface area contributed by atoms with E-state index in [1.807, 2.05) is 19.2 Å². The lowest BCUT2D eigenvalue weighted by atomic mass is 9.98. The Morgan fingerprint density at radius 2 is 2.03 bits per heavy atom. The second-order valence-corrected chi connectivity index (χ2v) is 9.26. The van der Waals surface area contributed by atoms with Gasteiger partial charge < -0.3 is 25.2 Å². The first-order valence-corrected chi connectivity index (χ1v) is 11.2. The highest BCUT2D eigenvalue weighted by atomic mass is 32.2. The number of nitrogens with one attached hydrogen (secondary N) is 2. The van der Waals surface area contributed by atoms with Gasteiger partial charge in [-0.1, -0.05) is 0 Å². The van der Waals surface area contributed by atoms with Gasteiger partial charge >= 0.3 is 11.9 Å². The molecule has 3 rings (SSSR count). The van der Waals surface area contributed by atoms with Crippen LogP contribution in [0.3, 0.4) is 0 Å². The molecule has 0 aromatic carbocycles. The number of esters is 1. The molecule has 0 bridgehead atoms. The Hall–Kier alpha value is -2.41. The number of carbonyl (C=O) groups excluding carboxylic acids is 3. The van der Waals surface area contributed by atoms with Crippen LogP contribution in [0, 0.1) is 0 Å². The summed E-state index contributed by atoms with van der Waals surface area (Å²) in [5, 5.41) is 14.6. The number of β-lactam (4-membered cyclic amide) rings is 1. The highest BCUT2D eigenvalue weighted by Gasteiger charge is 2.66. The quantitative estimate of drug-likeness (QED) is 0.265. The molecule has 12 heteroatoms. The average Bonchev–Trinajstić information content (AvgIpc) is 3.16. The lowest BCUT2D eigenvalue weighted by Gasteiger charge is -2.55. The van der Waals surface area contributed by atoms with E-state index in [0.29, 0.717) is 12.1 Å². The zero-order valence-corrected chi connectivity index (χ0v) is 18.9. The van der Waals surface area contributed by atoms with Gasteiger partial charge in [0.05, 0.1) is 6.42 Å². The molecular formula is C19H23N3O7S2. The van der Waals surface area contributed by atoms with Crippen LogP contribution in [-0.2, 0) is 41.6 Å². The van der Waals surface area contributed by atoms with Crippen molar-refractivity contribution in [3.05, 3.63) is 33.2 Å². The highest BCUT2D eigenvalue weighted by Crippen LogP contribution is 2.46. The van der Waals surface area contributed by atoms with E-state index in [9.17, 15) is 24.3 Å². The minimum absolute atomic E-state index is 0.0729. The van der Waals surface area contributed by atoms with Crippen LogP contribution in [0.4, 0.5) is 0 Å². The number of methoxy groups -OCH3 is 1. The van der Waals surface area contributed by atoms with Crippen molar-refractivity contribution in [3.63, 3.8) is 0 Å². The van der Waals surface area contributed by atoms with Crippen LogP contribution in [0.2, 0.25) is 0 Å². The molecule has 1 saturated heterocycles. The van der Waals surface area contributed by atoms with Crippen molar-refractivity contribution in [1.29, 1.82) is 0 Å². The topological polar surface area (TPSA) is 134 Å². The van der Waals surface area contributed by atoms with Crippen molar-refractivity contribution in [1.82, 2.24) is 15.5 Å². The minimum atomic E-state index is -1.65. The maximum atomic E-state index is 13.0. The Morgan fingerprint density at radius 3 is 2.65 bits per heavy atom. The van der Waals surface area contributed by atoms with Gasteiger partial charge in [0.2, 0.25) is 5.91 Å². The van der Waals surface area contributed by atoms with E-state index >= 15 is 0 Å². The lowest BCUT2D eigenvalue weighted by molar-refractivity contribution is -0.192. The van der Waals surface area contributed by atoms with Crippen LogP contribution in [-0.4, -0.2) is 71.4 Å². The van der Waals surface area contributed by atoms with Gasteiger partial charge in [0.1, 0.15) is 17.7 Å². The molecule has 2 aliphatic heterocycles. The number of hydrogen-bond acceptors (Lipinski definition) is 9. The maximum absolute atomic E-state index is 13.0.